The molecule has 0 atom stereocenters. The minimum absolute atomic E-state index is 0.204. The first kappa shape index (κ1) is 14.1. The molecule has 0 aliphatic rings. The normalized spacial score (nSPS) is 10.8. The Bertz CT molecular complexity index is 604. The Morgan fingerprint density at radius 1 is 1.32 bits per heavy atom. The fourth-order valence-electron chi connectivity index (χ4n) is 1.61. The van der Waals surface area contributed by atoms with Gasteiger partial charge < -0.3 is 10.5 Å². The van der Waals surface area contributed by atoms with Crippen molar-refractivity contribution in [3.63, 3.8) is 0 Å². The summed E-state index contributed by atoms with van der Waals surface area (Å²) in [6, 6.07) is 5.78. The number of rotatable bonds is 3. The number of hydrogen-bond acceptors (Lipinski definition) is 4. The Morgan fingerprint density at radius 3 is 2.74 bits per heavy atom. The van der Waals surface area contributed by atoms with Crippen molar-refractivity contribution in [3.8, 4) is 11.6 Å². The summed E-state index contributed by atoms with van der Waals surface area (Å²) < 4.78 is 6.75. The summed E-state index contributed by atoms with van der Waals surface area (Å²) in [7, 11) is 0. The van der Waals surface area contributed by atoms with Gasteiger partial charge in [0, 0.05) is 4.47 Å². The molecule has 0 saturated heterocycles. The second kappa shape index (κ2) is 5.75. The summed E-state index contributed by atoms with van der Waals surface area (Å²) in [5.74, 6) is 1.48. The van der Waals surface area contributed by atoms with Gasteiger partial charge in [-0.25, -0.2) is 4.98 Å². The number of aromatic nitrogens is 2. The molecule has 0 radical (unpaired) electrons. The van der Waals surface area contributed by atoms with Crippen LogP contribution in [-0.4, -0.2) is 9.97 Å². The molecule has 0 aliphatic heterocycles. The maximum Gasteiger partial charge on any atom is 0.243 e. The zero-order valence-electron chi connectivity index (χ0n) is 10.5. The summed E-state index contributed by atoms with van der Waals surface area (Å²) in [6.07, 6.45) is 1.32. The molecule has 0 saturated carbocycles. The lowest BCUT2D eigenvalue weighted by molar-refractivity contribution is 0.453. The van der Waals surface area contributed by atoms with Crippen LogP contribution in [0.2, 0.25) is 5.02 Å². The molecule has 19 heavy (non-hydrogen) atoms. The molecular weight excluding hydrogens is 330 g/mol. The topological polar surface area (TPSA) is 61.0 Å². The number of halogens is 2. The van der Waals surface area contributed by atoms with Crippen LogP contribution in [0.4, 0.5) is 5.82 Å². The molecular formula is C13H13BrClN3O. The summed E-state index contributed by atoms with van der Waals surface area (Å²) >= 11 is 9.47. The van der Waals surface area contributed by atoms with E-state index in [1.54, 1.807) is 0 Å². The van der Waals surface area contributed by atoms with Crippen LogP contribution >= 0.6 is 27.5 Å². The van der Waals surface area contributed by atoms with Crippen molar-refractivity contribution in [2.75, 3.05) is 5.73 Å². The van der Waals surface area contributed by atoms with E-state index in [9.17, 15) is 0 Å². The molecule has 100 valence electrons. The van der Waals surface area contributed by atoms with E-state index in [2.05, 4.69) is 39.7 Å². The first-order valence-electron chi connectivity index (χ1n) is 5.72. The second-order valence-corrected chi connectivity index (χ2v) is 5.61. The molecule has 1 heterocycles. The van der Waals surface area contributed by atoms with Crippen LogP contribution in [0.3, 0.4) is 0 Å². The van der Waals surface area contributed by atoms with Gasteiger partial charge in [-0.05, 0) is 29.7 Å². The van der Waals surface area contributed by atoms with E-state index in [0.717, 1.165) is 10.0 Å². The number of nitrogen functional groups attached to an aromatic ring is 1. The van der Waals surface area contributed by atoms with Gasteiger partial charge in [-0.15, -0.1) is 0 Å². The van der Waals surface area contributed by atoms with Gasteiger partial charge in [-0.3, -0.25) is 0 Å². The molecule has 0 fully saturated rings. The molecule has 2 N–H and O–H groups in total. The van der Waals surface area contributed by atoms with Gasteiger partial charge >= 0.3 is 0 Å². The van der Waals surface area contributed by atoms with E-state index in [0.29, 0.717) is 11.7 Å². The third-order valence-corrected chi connectivity index (χ3v) is 3.43. The monoisotopic (exact) mass is 341 g/mol. The summed E-state index contributed by atoms with van der Waals surface area (Å²) in [5.41, 5.74) is 6.68. The fourth-order valence-corrected chi connectivity index (χ4v) is 2.12. The van der Waals surface area contributed by atoms with E-state index < -0.39 is 0 Å². The molecule has 0 unspecified atom stereocenters. The highest BCUT2D eigenvalue weighted by Gasteiger charge is 2.13. The van der Waals surface area contributed by atoms with Crippen LogP contribution in [-0.2, 0) is 0 Å². The molecule has 0 amide bonds. The van der Waals surface area contributed by atoms with E-state index >= 15 is 0 Å². The average molecular weight is 343 g/mol. The van der Waals surface area contributed by atoms with Gasteiger partial charge in [-0.2, -0.15) is 4.98 Å². The summed E-state index contributed by atoms with van der Waals surface area (Å²) in [6.45, 7) is 4.18. The Hall–Kier alpha value is -1.33. The number of benzene rings is 1. The minimum atomic E-state index is 0.204. The van der Waals surface area contributed by atoms with Crippen LogP contribution in [0.5, 0.6) is 11.6 Å². The van der Waals surface area contributed by atoms with Crippen molar-refractivity contribution in [2.24, 2.45) is 0 Å². The molecule has 0 aliphatic carbocycles. The molecule has 2 aromatic rings. The predicted molar refractivity (Wildman–Crippen MR) is 79.8 cm³/mol. The highest BCUT2D eigenvalue weighted by atomic mass is 79.9. The predicted octanol–water partition coefficient (Wildman–Crippen LogP) is 4.39. The van der Waals surface area contributed by atoms with Crippen molar-refractivity contribution in [2.45, 2.75) is 19.8 Å². The largest absolute Gasteiger partial charge is 0.437 e. The second-order valence-electron chi connectivity index (χ2n) is 4.32. The van der Waals surface area contributed by atoms with Gasteiger partial charge in [0.05, 0.1) is 0 Å². The molecule has 2 rings (SSSR count). The van der Waals surface area contributed by atoms with Crippen molar-refractivity contribution in [3.05, 3.63) is 39.6 Å². The van der Waals surface area contributed by atoms with Crippen molar-refractivity contribution in [1.29, 1.82) is 0 Å². The van der Waals surface area contributed by atoms with Gasteiger partial charge in [0.1, 0.15) is 22.9 Å². The number of hydrogen-bond donors (Lipinski definition) is 1. The lowest BCUT2D eigenvalue weighted by Gasteiger charge is -2.14. The smallest absolute Gasteiger partial charge is 0.243 e. The van der Waals surface area contributed by atoms with E-state index in [1.165, 1.54) is 6.33 Å². The van der Waals surface area contributed by atoms with Crippen LogP contribution < -0.4 is 10.5 Å². The van der Waals surface area contributed by atoms with Gasteiger partial charge in [0.15, 0.2) is 0 Å². The van der Waals surface area contributed by atoms with Crippen LogP contribution in [0, 0.1) is 0 Å². The Labute approximate surface area is 125 Å². The highest BCUT2D eigenvalue weighted by molar-refractivity contribution is 9.10. The number of anilines is 1. The zero-order valence-corrected chi connectivity index (χ0v) is 12.9. The Balaban J connectivity index is 2.41. The van der Waals surface area contributed by atoms with Crippen molar-refractivity contribution < 1.29 is 4.74 Å². The van der Waals surface area contributed by atoms with Gasteiger partial charge in [-0.1, -0.05) is 41.4 Å². The zero-order chi connectivity index (χ0) is 14.0. The maximum absolute atomic E-state index is 6.02. The van der Waals surface area contributed by atoms with E-state index in [4.69, 9.17) is 22.1 Å². The third-order valence-electron chi connectivity index (χ3n) is 2.58. The number of nitrogens with zero attached hydrogens (tertiary/aromatic N) is 2. The molecule has 0 bridgehead atoms. The molecule has 1 aromatic carbocycles. The first-order valence-corrected chi connectivity index (χ1v) is 6.89. The molecule has 4 nitrogen and oxygen atoms in total. The Morgan fingerprint density at radius 2 is 2.05 bits per heavy atom. The van der Waals surface area contributed by atoms with Crippen LogP contribution in [0.15, 0.2) is 29.0 Å². The van der Waals surface area contributed by atoms with Crippen molar-refractivity contribution >= 4 is 33.3 Å². The lowest BCUT2D eigenvalue weighted by atomic mass is 10.0. The molecule has 0 spiro atoms. The highest BCUT2D eigenvalue weighted by Crippen LogP contribution is 2.35. The van der Waals surface area contributed by atoms with Gasteiger partial charge in [0.25, 0.3) is 0 Å². The van der Waals surface area contributed by atoms with Crippen molar-refractivity contribution in [1.82, 2.24) is 9.97 Å². The third kappa shape index (κ3) is 3.16. The number of nitrogens with two attached hydrogens (primary N) is 1. The quantitative estimate of drug-likeness (QED) is 0.898. The van der Waals surface area contributed by atoms with E-state index in [-0.39, 0.29) is 16.7 Å². The molecule has 1 aromatic heterocycles. The Kier molecular flexibility index (Phi) is 4.27. The van der Waals surface area contributed by atoms with Crippen LogP contribution in [0.1, 0.15) is 25.3 Å². The van der Waals surface area contributed by atoms with E-state index in [1.807, 2.05) is 18.2 Å². The SMILES string of the molecule is CC(C)c1cc(Br)ccc1Oc1ncnc(N)c1Cl. The van der Waals surface area contributed by atoms with Gasteiger partial charge in [0.2, 0.25) is 5.88 Å². The first-order chi connectivity index (χ1) is 8.99. The minimum Gasteiger partial charge on any atom is -0.437 e. The maximum atomic E-state index is 6.02. The summed E-state index contributed by atoms with van der Waals surface area (Å²) in [5, 5.41) is 0.222. The number of ether oxygens (including phenoxy) is 1. The fraction of sp³-hybridized carbons (Fsp3) is 0.231. The standard InChI is InChI=1S/C13H13BrClN3O/c1-7(2)9-5-8(14)3-4-10(9)19-13-11(15)12(16)17-6-18-13/h3-7H,1-2H3,(H2,16,17,18). The van der Waals surface area contributed by atoms with Crippen LogP contribution in [0.25, 0.3) is 0 Å². The summed E-state index contributed by atoms with van der Waals surface area (Å²) in [4.78, 5) is 7.80. The average Bonchev–Trinajstić information content (AvgIpc) is 2.36. The lowest BCUT2D eigenvalue weighted by Crippen LogP contribution is -1.99. The molecule has 6 heteroatoms.